The number of aryl methyl sites for hydroxylation is 1. The highest BCUT2D eigenvalue weighted by Gasteiger charge is 2.33. The fourth-order valence-electron chi connectivity index (χ4n) is 3.71. The van der Waals surface area contributed by atoms with Crippen molar-refractivity contribution in [3.05, 3.63) is 30.6 Å². The standard InChI is InChI=1S/C18H29N5O3/c1-4-15-13(5-7-25-15)9-19-18(24)20-11-16-17(22(2)6-8-26-16)14-10-21-23(3)12-14/h4,10,12-13,15-17H,1,5-9,11H2,2-3H3,(H2,19,20,24)/t13-,15-,16-,17-/m0/s1. The molecule has 0 aliphatic carbocycles. The van der Waals surface area contributed by atoms with Gasteiger partial charge in [0.2, 0.25) is 0 Å². The Labute approximate surface area is 154 Å². The molecule has 144 valence electrons. The number of hydrogen-bond acceptors (Lipinski definition) is 5. The van der Waals surface area contributed by atoms with E-state index in [2.05, 4.69) is 34.3 Å². The number of carbonyl (C=O) groups is 1. The van der Waals surface area contributed by atoms with Crippen LogP contribution in [0.25, 0.3) is 0 Å². The van der Waals surface area contributed by atoms with E-state index in [1.54, 1.807) is 10.8 Å². The second kappa shape index (κ2) is 8.66. The monoisotopic (exact) mass is 363 g/mol. The van der Waals surface area contributed by atoms with Gasteiger partial charge >= 0.3 is 6.03 Å². The Bertz CT molecular complexity index is 620. The number of ether oxygens (including phenoxy) is 2. The summed E-state index contributed by atoms with van der Waals surface area (Å²) in [5, 5.41) is 10.1. The summed E-state index contributed by atoms with van der Waals surface area (Å²) in [6, 6.07) is -0.104. The molecule has 0 radical (unpaired) electrons. The molecule has 2 aliphatic rings. The number of nitrogens with zero attached hydrogens (tertiary/aromatic N) is 3. The van der Waals surface area contributed by atoms with Gasteiger partial charge in [0, 0.05) is 51.0 Å². The molecular formula is C18H29N5O3. The average molecular weight is 363 g/mol. The number of nitrogens with one attached hydrogen (secondary N) is 2. The third kappa shape index (κ3) is 4.44. The minimum Gasteiger partial charge on any atom is -0.374 e. The molecular weight excluding hydrogens is 334 g/mol. The van der Waals surface area contributed by atoms with E-state index >= 15 is 0 Å². The van der Waals surface area contributed by atoms with Gasteiger partial charge in [-0.2, -0.15) is 5.10 Å². The quantitative estimate of drug-likeness (QED) is 0.727. The Morgan fingerprint density at radius 1 is 1.35 bits per heavy atom. The van der Waals surface area contributed by atoms with Crippen LogP contribution in [0.4, 0.5) is 4.79 Å². The molecule has 26 heavy (non-hydrogen) atoms. The summed E-state index contributed by atoms with van der Waals surface area (Å²) in [7, 11) is 3.97. The van der Waals surface area contributed by atoms with Crippen LogP contribution in [0.1, 0.15) is 18.0 Å². The molecule has 2 saturated heterocycles. The number of rotatable bonds is 6. The molecule has 4 atom stereocenters. The summed E-state index contributed by atoms with van der Waals surface area (Å²) in [5.74, 6) is 0.290. The van der Waals surface area contributed by atoms with Gasteiger partial charge in [-0.1, -0.05) is 6.08 Å². The molecule has 1 aromatic rings. The average Bonchev–Trinajstić information content (AvgIpc) is 3.26. The second-order valence-corrected chi connectivity index (χ2v) is 6.99. The lowest BCUT2D eigenvalue weighted by Gasteiger charge is -2.38. The van der Waals surface area contributed by atoms with E-state index in [9.17, 15) is 4.79 Å². The molecule has 3 rings (SSSR count). The maximum atomic E-state index is 12.2. The molecule has 0 spiro atoms. The zero-order chi connectivity index (χ0) is 18.5. The van der Waals surface area contributed by atoms with E-state index in [4.69, 9.17) is 9.47 Å². The molecule has 3 heterocycles. The third-order valence-corrected chi connectivity index (χ3v) is 5.15. The van der Waals surface area contributed by atoms with Gasteiger partial charge < -0.3 is 20.1 Å². The predicted octanol–water partition coefficient (Wildman–Crippen LogP) is 0.682. The van der Waals surface area contributed by atoms with Gasteiger partial charge in [0.05, 0.1) is 31.1 Å². The fraction of sp³-hybridized carbons (Fsp3) is 0.667. The summed E-state index contributed by atoms with van der Waals surface area (Å²) in [6.07, 6.45) is 6.52. The van der Waals surface area contributed by atoms with E-state index in [-0.39, 0.29) is 24.3 Å². The van der Waals surface area contributed by atoms with E-state index in [1.807, 2.05) is 19.4 Å². The Morgan fingerprint density at radius 3 is 2.88 bits per heavy atom. The van der Waals surface area contributed by atoms with Gasteiger partial charge in [-0.05, 0) is 13.5 Å². The molecule has 2 amide bonds. The molecule has 2 aliphatic heterocycles. The Hall–Kier alpha value is -1.90. The van der Waals surface area contributed by atoms with Crippen molar-refractivity contribution in [1.82, 2.24) is 25.3 Å². The van der Waals surface area contributed by atoms with Gasteiger partial charge in [0.25, 0.3) is 0 Å². The molecule has 2 N–H and O–H groups in total. The van der Waals surface area contributed by atoms with Crippen molar-refractivity contribution in [2.24, 2.45) is 13.0 Å². The summed E-state index contributed by atoms with van der Waals surface area (Å²) in [6.45, 7) is 7.04. The van der Waals surface area contributed by atoms with E-state index in [0.717, 1.165) is 25.1 Å². The molecule has 8 heteroatoms. The summed E-state index contributed by atoms with van der Waals surface area (Å²) in [4.78, 5) is 14.4. The van der Waals surface area contributed by atoms with Crippen LogP contribution < -0.4 is 10.6 Å². The highest BCUT2D eigenvalue weighted by Crippen LogP contribution is 2.27. The van der Waals surface area contributed by atoms with Crippen LogP contribution in [-0.2, 0) is 16.5 Å². The molecule has 8 nitrogen and oxygen atoms in total. The maximum absolute atomic E-state index is 12.2. The fourth-order valence-corrected chi connectivity index (χ4v) is 3.71. The van der Waals surface area contributed by atoms with Gasteiger partial charge in [-0.25, -0.2) is 4.79 Å². The normalized spacial score (nSPS) is 29.5. The van der Waals surface area contributed by atoms with Gasteiger partial charge in [0.15, 0.2) is 0 Å². The van der Waals surface area contributed by atoms with Crippen LogP contribution in [0.15, 0.2) is 25.0 Å². The lowest BCUT2D eigenvalue weighted by atomic mass is 10.0. The van der Waals surface area contributed by atoms with Crippen LogP contribution in [0.2, 0.25) is 0 Å². The van der Waals surface area contributed by atoms with Crippen molar-refractivity contribution in [2.75, 3.05) is 39.9 Å². The Kier molecular flexibility index (Phi) is 6.29. The Morgan fingerprint density at radius 2 is 2.15 bits per heavy atom. The van der Waals surface area contributed by atoms with Crippen LogP contribution >= 0.6 is 0 Å². The first-order valence-electron chi connectivity index (χ1n) is 9.14. The molecule has 0 bridgehead atoms. The number of morpholine rings is 1. The van der Waals surface area contributed by atoms with Crippen LogP contribution in [0, 0.1) is 5.92 Å². The molecule has 0 aromatic carbocycles. The lowest BCUT2D eigenvalue weighted by molar-refractivity contribution is -0.0601. The van der Waals surface area contributed by atoms with Crippen LogP contribution in [0.3, 0.4) is 0 Å². The molecule has 0 unspecified atom stereocenters. The lowest BCUT2D eigenvalue weighted by Crippen LogP contribution is -2.50. The molecule has 1 aromatic heterocycles. The van der Waals surface area contributed by atoms with Gasteiger partial charge in [-0.15, -0.1) is 6.58 Å². The van der Waals surface area contributed by atoms with Crippen molar-refractivity contribution < 1.29 is 14.3 Å². The third-order valence-electron chi connectivity index (χ3n) is 5.15. The number of carbonyl (C=O) groups excluding carboxylic acids is 1. The van der Waals surface area contributed by atoms with Crippen molar-refractivity contribution in [2.45, 2.75) is 24.7 Å². The zero-order valence-electron chi connectivity index (χ0n) is 15.6. The summed E-state index contributed by atoms with van der Waals surface area (Å²) >= 11 is 0. The summed E-state index contributed by atoms with van der Waals surface area (Å²) < 4.78 is 13.3. The highest BCUT2D eigenvalue weighted by atomic mass is 16.5. The first kappa shape index (κ1) is 18.9. The minimum atomic E-state index is -0.179. The predicted molar refractivity (Wildman–Crippen MR) is 97.8 cm³/mol. The van der Waals surface area contributed by atoms with E-state index < -0.39 is 0 Å². The van der Waals surface area contributed by atoms with E-state index in [0.29, 0.717) is 25.6 Å². The minimum absolute atomic E-state index is 0.0283. The van der Waals surface area contributed by atoms with Crippen molar-refractivity contribution in [3.8, 4) is 0 Å². The second-order valence-electron chi connectivity index (χ2n) is 6.99. The summed E-state index contributed by atoms with van der Waals surface area (Å²) in [5.41, 5.74) is 1.10. The highest BCUT2D eigenvalue weighted by molar-refractivity contribution is 5.73. The van der Waals surface area contributed by atoms with Crippen LogP contribution in [-0.4, -0.2) is 72.8 Å². The number of likely N-dealkylation sites (N-methyl/N-ethyl adjacent to an activating group) is 1. The topological polar surface area (TPSA) is 80.7 Å². The van der Waals surface area contributed by atoms with Gasteiger partial charge in [0.1, 0.15) is 0 Å². The van der Waals surface area contributed by atoms with Crippen LogP contribution in [0.5, 0.6) is 0 Å². The van der Waals surface area contributed by atoms with E-state index in [1.165, 1.54) is 0 Å². The maximum Gasteiger partial charge on any atom is 0.314 e. The first-order valence-corrected chi connectivity index (χ1v) is 9.14. The van der Waals surface area contributed by atoms with Crippen molar-refractivity contribution in [3.63, 3.8) is 0 Å². The number of amides is 2. The zero-order valence-corrected chi connectivity index (χ0v) is 15.6. The molecule has 0 saturated carbocycles. The molecule has 2 fully saturated rings. The Balaban J connectivity index is 1.50. The van der Waals surface area contributed by atoms with Crippen molar-refractivity contribution >= 4 is 6.03 Å². The smallest absolute Gasteiger partial charge is 0.314 e. The largest absolute Gasteiger partial charge is 0.374 e. The number of hydrogen-bond donors (Lipinski definition) is 2. The number of urea groups is 1. The van der Waals surface area contributed by atoms with Gasteiger partial charge in [-0.3, -0.25) is 9.58 Å². The first-order chi connectivity index (χ1) is 12.6. The number of aromatic nitrogens is 2. The van der Waals surface area contributed by atoms with Crippen molar-refractivity contribution in [1.29, 1.82) is 0 Å². The SMILES string of the molecule is C=C[C@@H]1OCC[C@H]1CNC(=O)NC[C@@H]1OCCN(C)[C@H]1c1cnn(C)c1.